The summed E-state index contributed by atoms with van der Waals surface area (Å²) in [5, 5.41) is 0. The van der Waals surface area contributed by atoms with E-state index in [0.29, 0.717) is 11.8 Å². The Bertz CT molecular complexity index is 467. The molecule has 0 fully saturated rings. The molecule has 1 nitrogen and oxygen atoms in total. The van der Waals surface area contributed by atoms with E-state index in [4.69, 9.17) is 4.74 Å². The van der Waals surface area contributed by atoms with Gasteiger partial charge in [-0.2, -0.15) is 0 Å². The molecule has 112 valence electrons. The first kappa shape index (κ1) is 15.8. The van der Waals surface area contributed by atoms with Gasteiger partial charge in [-0.3, -0.25) is 0 Å². The third kappa shape index (κ3) is 4.18. The fourth-order valence-electron chi connectivity index (χ4n) is 2.68. The van der Waals surface area contributed by atoms with Crippen molar-refractivity contribution in [2.24, 2.45) is 11.8 Å². The van der Waals surface area contributed by atoms with Crippen LogP contribution in [-0.2, 0) is 4.74 Å². The first-order valence-corrected chi connectivity index (χ1v) is 7.85. The molecular formula is C20H26O. The van der Waals surface area contributed by atoms with E-state index >= 15 is 0 Å². The lowest BCUT2D eigenvalue weighted by Gasteiger charge is -2.30. The van der Waals surface area contributed by atoms with Crippen LogP contribution in [0.15, 0.2) is 60.7 Å². The quantitative estimate of drug-likeness (QED) is 0.651. The van der Waals surface area contributed by atoms with Gasteiger partial charge < -0.3 is 4.74 Å². The lowest BCUT2D eigenvalue weighted by Crippen LogP contribution is -2.18. The Morgan fingerprint density at radius 2 is 0.905 bits per heavy atom. The Hall–Kier alpha value is -1.60. The lowest BCUT2D eigenvalue weighted by molar-refractivity contribution is -0.0610. The Kier molecular flexibility index (Phi) is 5.58. The predicted octanol–water partition coefficient (Wildman–Crippen LogP) is 5.80. The molecule has 2 atom stereocenters. The predicted molar refractivity (Wildman–Crippen MR) is 89.1 cm³/mol. The van der Waals surface area contributed by atoms with Crippen LogP contribution in [0.4, 0.5) is 0 Å². The molecule has 2 unspecified atom stereocenters. The van der Waals surface area contributed by atoms with E-state index in [1.54, 1.807) is 0 Å². The van der Waals surface area contributed by atoms with Gasteiger partial charge in [0.1, 0.15) is 0 Å². The Morgan fingerprint density at radius 3 is 1.19 bits per heavy atom. The fraction of sp³-hybridized carbons (Fsp3) is 0.400. The van der Waals surface area contributed by atoms with E-state index in [9.17, 15) is 0 Å². The summed E-state index contributed by atoms with van der Waals surface area (Å²) >= 11 is 0. The Labute approximate surface area is 129 Å². The van der Waals surface area contributed by atoms with Crippen LogP contribution in [0.2, 0.25) is 0 Å². The highest BCUT2D eigenvalue weighted by molar-refractivity contribution is 5.21. The average Bonchev–Trinajstić information content (AvgIpc) is 2.49. The van der Waals surface area contributed by atoms with Gasteiger partial charge in [0.15, 0.2) is 0 Å². The molecule has 2 aromatic carbocycles. The first-order valence-electron chi connectivity index (χ1n) is 7.85. The van der Waals surface area contributed by atoms with Gasteiger partial charge >= 0.3 is 0 Å². The maximum atomic E-state index is 6.55. The second-order valence-corrected chi connectivity index (χ2v) is 6.29. The van der Waals surface area contributed by atoms with Crippen molar-refractivity contribution in [1.82, 2.24) is 0 Å². The molecule has 0 radical (unpaired) electrons. The molecule has 1 heteroatoms. The summed E-state index contributed by atoms with van der Waals surface area (Å²) < 4.78 is 6.55. The largest absolute Gasteiger partial charge is 0.365 e. The highest BCUT2D eigenvalue weighted by Crippen LogP contribution is 2.35. The van der Waals surface area contributed by atoms with Crippen molar-refractivity contribution in [3.05, 3.63) is 71.8 Å². The van der Waals surface area contributed by atoms with E-state index in [0.717, 1.165) is 0 Å². The summed E-state index contributed by atoms with van der Waals surface area (Å²) in [7, 11) is 0. The molecule has 0 aliphatic carbocycles. The van der Waals surface area contributed by atoms with E-state index in [-0.39, 0.29) is 12.2 Å². The third-order valence-electron chi connectivity index (χ3n) is 3.76. The highest BCUT2D eigenvalue weighted by Gasteiger charge is 2.24. The SMILES string of the molecule is CC(C)C(OC(c1ccccc1)C(C)C)c1ccccc1. The van der Waals surface area contributed by atoms with E-state index < -0.39 is 0 Å². The zero-order valence-corrected chi connectivity index (χ0v) is 13.5. The van der Waals surface area contributed by atoms with Crippen LogP contribution in [-0.4, -0.2) is 0 Å². The number of hydrogen-bond acceptors (Lipinski definition) is 1. The summed E-state index contributed by atoms with van der Waals surface area (Å²) in [5.74, 6) is 0.884. The molecule has 0 aliphatic heterocycles. The minimum absolute atomic E-state index is 0.124. The number of rotatable bonds is 6. The third-order valence-corrected chi connectivity index (χ3v) is 3.76. The standard InChI is InChI=1S/C20H26O/c1-15(2)19(17-11-7-5-8-12-17)21-20(16(3)4)18-13-9-6-10-14-18/h5-16,19-20H,1-4H3. The molecule has 0 amide bonds. The Morgan fingerprint density at radius 1 is 0.571 bits per heavy atom. The summed E-state index contributed by atoms with van der Waals surface area (Å²) in [5.41, 5.74) is 2.52. The summed E-state index contributed by atoms with van der Waals surface area (Å²) in [6, 6.07) is 21.1. The zero-order valence-electron chi connectivity index (χ0n) is 13.5. The number of benzene rings is 2. The molecule has 0 saturated carbocycles. The van der Waals surface area contributed by atoms with Crippen LogP contribution in [0.1, 0.15) is 51.0 Å². The molecule has 0 N–H and O–H groups in total. The molecule has 2 aromatic rings. The smallest absolute Gasteiger partial charge is 0.0856 e. The van der Waals surface area contributed by atoms with Crippen molar-refractivity contribution in [3.63, 3.8) is 0 Å². The summed E-state index contributed by atoms with van der Waals surface area (Å²) in [6.45, 7) is 8.89. The van der Waals surface area contributed by atoms with Crippen molar-refractivity contribution >= 4 is 0 Å². The second-order valence-electron chi connectivity index (χ2n) is 6.29. The molecule has 0 bridgehead atoms. The van der Waals surface area contributed by atoms with Crippen molar-refractivity contribution in [2.45, 2.75) is 39.9 Å². The highest BCUT2D eigenvalue weighted by atomic mass is 16.5. The molecule has 0 aromatic heterocycles. The molecule has 0 heterocycles. The normalized spacial score (nSPS) is 14.4. The summed E-state index contributed by atoms with van der Waals surface area (Å²) in [4.78, 5) is 0. The van der Waals surface area contributed by atoms with Crippen molar-refractivity contribution < 1.29 is 4.74 Å². The van der Waals surface area contributed by atoms with Crippen LogP contribution in [0.25, 0.3) is 0 Å². The van der Waals surface area contributed by atoms with Gasteiger partial charge in [-0.1, -0.05) is 88.4 Å². The van der Waals surface area contributed by atoms with Crippen LogP contribution >= 0.6 is 0 Å². The molecule has 0 spiro atoms. The van der Waals surface area contributed by atoms with Gasteiger partial charge in [0, 0.05) is 0 Å². The first-order chi connectivity index (χ1) is 10.1. The Balaban J connectivity index is 2.25. The lowest BCUT2D eigenvalue weighted by atomic mass is 9.95. The number of ether oxygens (including phenoxy) is 1. The van der Waals surface area contributed by atoms with Gasteiger partial charge in [-0.05, 0) is 23.0 Å². The minimum Gasteiger partial charge on any atom is -0.365 e. The van der Waals surface area contributed by atoms with Gasteiger partial charge in [0.2, 0.25) is 0 Å². The van der Waals surface area contributed by atoms with E-state index in [1.807, 2.05) is 0 Å². The summed E-state index contributed by atoms with van der Waals surface area (Å²) in [6.07, 6.45) is 0.248. The van der Waals surface area contributed by atoms with Crippen LogP contribution in [0.5, 0.6) is 0 Å². The average molecular weight is 282 g/mol. The van der Waals surface area contributed by atoms with Crippen molar-refractivity contribution in [3.8, 4) is 0 Å². The van der Waals surface area contributed by atoms with Crippen molar-refractivity contribution in [2.75, 3.05) is 0 Å². The van der Waals surface area contributed by atoms with Crippen LogP contribution in [0, 0.1) is 11.8 Å². The van der Waals surface area contributed by atoms with E-state index in [2.05, 4.69) is 88.4 Å². The maximum absolute atomic E-state index is 6.55. The van der Waals surface area contributed by atoms with Crippen molar-refractivity contribution in [1.29, 1.82) is 0 Å². The zero-order chi connectivity index (χ0) is 15.2. The molecular weight excluding hydrogens is 256 g/mol. The molecule has 21 heavy (non-hydrogen) atoms. The molecule has 2 rings (SSSR count). The van der Waals surface area contributed by atoms with Gasteiger partial charge in [-0.25, -0.2) is 0 Å². The topological polar surface area (TPSA) is 9.23 Å². The van der Waals surface area contributed by atoms with Gasteiger partial charge in [0.25, 0.3) is 0 Å². The number of hydrogen-bond donors (Lipinski definition) is 0. The van der Waals surface area contributed by atoms with Crippen LogP contribution < -0.4 is 0 Å². The van der Waals surface area contributed by atoms with E-state index in [1.165, 1.54) is 11.1 Å². The molecule has 0 aliphatic rings. The fourth-order valence-corrected chi connectivity index (χ4v) is 2.68. The monoisotopic (exact) mass is 282 g/mol. The molecule has 0 saturated heterocycles. The van der Waals surface area contributed by atoms with Gasteiger partial charge in [0.05, 0.1) is 12.2 Å². The van der Waals surface area contributed by atoms with Gasteiger partial charge in [-0.15, -0.1) is 0 Å². The second kappa shape index (κ2) is 7.42. The van der Waals surface area contributed by atoms with Crippen LogP contribution in [0.3, 0.4) is 0 Å². The maximum Gasteiger partial charge on any atom is 0.0856 e. The minimum atomic E-state index is 0.124.